The lowest BCUT2D eigenvalue weighted by molar-refractivity contribution is 0.379. The van der Waals surface area contributed by atoms with Gasteiger partial charge < -0.3 is 9.47 Å². The number of benzene rings is 2. The Kier molecular flexibility index (Phi) is 5.82. The zero-order valence-electron chi connectivity index (χ0n) is 13.4. The summed E-state index contributed by atoms with van der Waals surface area (Å²) in [6.07, 6.45) is 0.882. The van der Waals surface area contributed by atoms with E-state index < -0.39 is 0 Å². The fraction of sp³-hybridized carbons (Fsp3) is 0.368. The number of hydrogen-bond acceptors (Lipinski definition) is 2. The Morgan fingerprint density at radius 1 is 0.773 bits per heavy atom. The third-order valence-electron chi connectivity index (χ3n) is 4.18. The van der Waals surface area contributed by atoms with Gasteiger partial charge in [-0.05, 0) is 47.7 Å². The van der Waals surface area contributed by atoms with Gasteiger partial charge in [0.1, 0.15) is 11.5 Å². The molecule has 0 fully saturated rings. The van der Waals surface area contributed by atoms with Crippen molar-refractivity contribution in [3.63, 3.8) is 0 Å². The summed E-state index contributed by atoms with van der Waals surface area (Å²) in [4.78, 5) is 0. The molecule has 2 aromatic rings. The molecule has 0 bridgehead atoms. The van der Waals surface area contributed by atoms with Crippen LogP contribution in [-0.2, 0) is 0 Å². The molecular weight excluding hydrogens is 279 g/mol. The summed E-state index contributed by atoms with van der Waals surface area (Å²) in [5.41, 5.74) is 2.15. The molecule has 2 nitrogen and oxygen atoms in total. The van der Waals surface area contributed by atoms with Gasteiger partial charge in [-0.25, -0.2) is 0 Å². The number of halogens is 1. The summed E-state index contributed by atoms with van der Waals surface area (Å²) in [5.74, 6) is 1.60. The summed E-state index contributed by atoms with van der Waals surface area (Å²) < 4.78 is 24.1. The quantitative estimate of drug-likeness (QED) is 0.720. The van der Waals surface area contributed by atoms with Crippen molar-refractivity contribution >= 4 is 0 Å². The normalized spacial score (nSPS) is 13.5. The van der Waals surface area contributed by atoms with Gasteiger partial charge in [0.05, 0.1) is 20.9 Å². The van der Waals surface area contributed by atoms with E-state index in [1.807, 2.05) is 48.5 Å². The molecule has 2 atom stereocenters. The predicted octanol–water partition coefficient (Wildman–Crippen LogP) is 4.95. The van der Waals surface area contributed by atoms with E-state index in [0.717, 1.165) is 29.0 Å². The van der Waals surface area contributed by atoms with Gasteiger partial charge in [-0.1, -0.05) is 31.2 Å². The molecule has 0 heterocycles. The first-order valence-electron chi connectivity index (χ1n) is 7.57. The third-order valence-corrected chi connectivity index (χ3v) is 4.18. The van der Waals surface area contributed by atoms with Gasteiger partial charge in [0.2, 0.25) is 0 Å². The first kappa shape index (κ1) is 16.3. The highest BCUT2D eigenvalue weighted by molar-refractivity contribution is 5.35. The van der Waals surface area contributed by atoms with Crippen molar-refractivity contribution in [2.45, 2.75) is 25.2 Å². The molecule has 2 rings (SSSR count). The molecule has 0 amide bonds. The number of ether oxygens (including phenoxy) is 2. The van der Waals surface area contributed by atoms with Crippen molar-refractivity contribution in [3.8, 4) is 11.5 Å². The van der Waals surface area contributed by atoms with Gasteiger partial charge in [-0.2, -0.15) is 0 Å². The number of rotatable bonds is 7. The molecule has 3 heteroatoms. The van der Waals surface area contributed by atoms with Crippen LogP contribution in [0.4, 0.5) is 4.39 Å². The first-order valence-corrected chi connectivity index (χ1v) is 7.57. The highest BCUT2D eigenvalue weighted by Crippen LogP contribution is 2.37. The summed E-state index contributed by atoms with van der Waals surface area (Å²) in [7, 11) is 3.28. The summed E-state index contributed by atoms with van der Waals surface area (Å²) in [5, 5.41) is 0. The second-order valence-electron chi connectivity index (χ2n) is 5.32. The van der Waals surface area contributed by atoms with E-state index in [9.17, 15) is 4.39 Å². The third kappa shape index (κ3) is 3.59. The molecule has 2 aromatic carbocycles. The SMILES string of the molecule is CC[C@H](c1ccc(OC)cc1)[C@@H](CF)c1ccc(OC)cc1. The van der Waals surface area contributed by atoms with Gasteiger partial charge in [-0.3, -0.25) is 4.39 Å². The summed E-state index contributed by atoms with van der Waals surface area (Å²) in [6.45, 7) is 1.72. The van der Waals surface area contributed by atoms with Crippen LogP contribution in [0, 0.1) is 0 Å². The van der Waals surface area contributed by atoms with E-state index in [4.69, 9.17) is 9.47 Å². The summed E-state index contributed by atoms with van der Waals surface area (Å²) in [6, 6.07) is 15.6. The Balaban J connectivity index is 2.28. The molecule has 0 aliphatic carbocycles. The van der Waals surface area contributed by atoms with Crippen LogP contribution >= 0.6 is 0 Å². The van der Waals surface area contributed by atoms with Crippen LogP contribution < -0.4 is 9.47 Å². The van der Waals surface area contributed by atoms with Crippen LogP contribution in [-0.4, -0.2) is 20.9 Å². The minimum absolute atomic E-state index is 0.143. The molecule has 0 saturated heterocycles. The molecule has 0 unspecified atom stereocenters. The van der Waals surface area contributed by atoms with Crippen molar-refractivity contribution in [1.29, 1.82) is 0 Å². The van der Waals surface area contributed by atoms with Crippen molar-refractivity contribution in [2.24, 2.45) is 0 Å². The molecule has 0 aliphatic heterocycles. The van der Waals surface area contributed by atoms with Crippen LogP contribution in [0.25, 0.3) is 0 Å². The minimum Gasteiger partial charge on any atom is -0.497 e. The van der Waals surface area contributed by atoms with Gasteiger partial charge in [-0.15, -0.1) is 0 Å². The lowest BCUT2D eigenvalue weighted by atomic mass is 9.80. The van der Waals surface area contributed by atoms with E-state index in [-0.39, 0.29) is 18.5 Å². The highest BCUT2D eigenvalue weighted by atomic mass is 19.1. The molecule has 22 heavy (non-hydrogen) atoms. The summed E-state index contributed by atoms with van der Waals surface area (Å²) >= 11 is 0. The monoisotopic (exact) mass is 302 g/mol. The Labute approximate surface area is 131 Å². The van der Waals surface area contributed by atoms with Gasteiger partial charge in [0, 0.05) is 5.92 Å². The lowest BCUT2D eigenvalue weighted by Gasteiger charge is -2.25. The van der Waals surface area contributed by atoms with Crippen LogP contribution in [0.3, 0.4) is 0 Å². The Morgan fingerprint density at radius 2 is 1.18 bits per heavy atom. The van der Waals surface area contributed by atoms with E-state index in [2.05, 4.69) is 6.92 Å². The molecule has 0 aromatic heterocycles. The maximum atomic E-state index is 13.7. The molecule has 0 spiro atoms. The fourth-order valence-electron chi connectivity index (χ4n) is 2.88. The molecular formula is C19H23FO2. The van der Waals surface area contributed by atoms with Crippen LogP contribution in [0.1, 0.15) is 36.3 Å². The Hall–Kier alpha value is -2.03. The predicted molar refractivity (Wildman–Crippen MR) is 87.7 cm³/mol. The van der Waals surface area contributed by atoms with E-state index in [1.54, 1.807) is 14.2 Å². The number of alkyl halides is 1. The van der Waals surface area contributed by atoms with Crippen LogP contribution in [0.2, 0.25) is 0 Å². The Bertz CT molecular complexity index is 509. The smallest absolute Gasteiger partial charge is 0.118 e. The minimum atomic E-state index is -0.378. The van der Waals surface area contributed by atoms with Crippen LogP contribution in [0.5, 0.6) is 11.5 Å². The Morgan fingerprint density at radius 3 is 1.50 bits per heavy atom. The lowest BCUT2D eigenvalue weighted by Crippen LogP contribution is -2.13. The van der Waals surface area contributed by atoms with Crippen molar-refractivity contribution < 1.29 is 13.9 Å². The first-order chi connectivity index (χ1) is 10.7. The standard InChI is InChI=1S/C19H23FO2/c1-4-18(14-5-9-16(21-2)10-6-14)19(13-20)15-7-11-17(22-3)12-8-15/h5-12,18-19H,4,13H2,1-3H3/t18-,19+/m1/s1. The second kappa shape index (κ2) is 7.83. The number of hydrogen-bond donors (Lipinski definition) is 0. The highest BCUT2D eigenvalue weighted by Gasteiger charge is 2.23. The maximum absolute atomic E-state index is 13.7. The van der Waals surface area contributed by atoms with Crippen molar-refractivity contribution in [2.75, 3.05) is 20.9 Å². The largest absolute Gasteiger partial charge is 0.497 e. The maximum Gasteiger partial charge on any atom is 0.118 e. The zero-order valence-corrected chi connectivity index (χ0v) is 13.4. The average molecular weight is 302 g/mol. The van der Waals surface area contributed by atoms with Gasteiger partial charge in [0.15, 0.2) is 0 Å². The van der Waals surface area contributed by atoms with E-state index in [1.165, 1.54) is 0 Å². The van der Waals surface area contributed by atoms with Crippen LogP contribution in [0.15, 0.2) is 48.5 Å². The zero-order chi connectivity index (χ0) is 15.9. The van der Waals surface area contributed by atoms with Gasteiger partial charge >= 0.3 is 0 Å². The van der Waals surface area contributed by atoms with Crippen molar-refractivity contribution in [3.05, 3.63) is 59.7 Å². The number of methoxy groups -OCH3 is 2. The molecule has 118 valence electrons. The van der Waals surface area contributed by atoms with E-state index in [0.29, 0.717) is 0 Å². The molecule has 0 saturated carbocycles. The molecule has 0 radical (unpaired) electrons. The van der Waals surface area contributed by atoms with Gasteiger partial charge in [0.25, 0.3) is 0 Å². The topological polar surface area (TPSA) is 18.5 Å². The molecule has 0 N–H and O–H groups in total. The second-order valence-corrected chi connectivity index (χ2v) is 5.32. The van der Waals surface area contributed by atoms with Crippen molar-refractivity contribution in [1.82, 2.24) is 0 Å². The molecule has 0 aliphatic rings. The average Bonchev–Trinajstić information content (AvgIpc) is 2.60. The van der Waals surface area contributed by atoms with E-state index >= 15 is 0 Å². The fourth-order valence-corrected chi connectivity index (χ4v) is 2.88.